The third kappa shape index (κ3) is 5.73. The highest BCUT2D eigenvalue weighted by Crippen LogP contribution is 2.33. The number of nitrogens with one attached hydrogen (secondary N) is 1. The molecule has 0 radical (unpaired) electrons. The Bertz CT molecular complexity index is 813. The van der Waals surface area contributed by atoms with E-state index in [9.17, 15) is 9.59 Å². The van der Waals surface area contributed by atoms with E-state index >= 15 is 0 Å². The molecule has 0 aromatic heterocycles. The van der Waals surface area contributed by atoms with E-state index in [0.29, 0.717) is 11.6 Å². The number of anilines is 1. The Hall–Kier alpha value is -2.02. The van der Waals surface area contributed by atoms with Crippen LogP contribution >= 0.6 is 23.4 Å². The Balaban J connectivity index is 1.62. The number of amides is 2. The van der Waals surface area contributed by atoms with Crippen LogP contribution in [0.5, 0.6) is 0 Å². The first kappa shape index (κ1) is 19.7. The zero-order valence-corrected chi connectivity index (χ0v) is 16.4. The molecule has 3 rings (SSSR count). The van der Waals surface area contributed by atoms with E-state index in [1.807, 2.05) is 53.4 Å². The fourth-order valence-electron chi connectivity index (χ4n) is 3.11. The molecule has 0 unspecified atom stereocenters. The van der Waals surface area contributed by atoms with E-state index in [2.05, 4.69) is 5.32 Å². The molecule has 0 saturated carbocycles. The van der Waals surface area contributed by atoms with Crippen molar-refractivity contribution in [3.05, 3.63) is 53.6 Å². The number of likely N-dealkylation sites (tertiary alicyclic amines) is 1. The summed E-state index contributed by atoms with van der Waals surface area (Å²) >= 11 is 7.50. The molecular weight excluding hydrogens is 382 g/mol. The molecule has 1 heterocycles. The summed E-state index contributed by atoms with van der Waals surface area (Å²) in [7, 11) is 0. The van der Waals surface area contributed by atoms with Gasteiger partial charge < -0.3 is 11.1 Å². The number of hydrogen-bond acceptors (Lipinski definition) is 4. The lowest BCUT2D eigenvalue weighted by Gasteiger charge is -2.30. The molecule has 1 saturated heterocycles. The number of piperidine rings is 1. The van der Waals surface area contributed by atoms with Gasteiger partial charge >= 0.3 is 0 Å². The predicted octanol–water partition coefficient (Wildman–Crippen LogP) is 3.63. The molecule has 5 nitrogen and oxygen atoms in total. The van der Waals surface area contributed by atoms with Gasteiger partial charge in [-0.1, -0.05) is 35.5 Å². The number of nitrogens with zero attached hydrogens (tertiary/aromatic N) is 1. The van der Waals surface area contributed by atoms with Crippen LogP contribution in [0, 0.1) is 5.92 Å². The van der Waals surface area contributed by atoms with Crippen molar-refractivity contribution >= 4 is 40.9 Å². The summed E-state index contributed by atoms with van der Waals surface area (Å²) < 4.78 is 0. The number of para-hydroxylation sites is 1. The zero-order valence-electron chi connectivity index (χ0n) is 14.9. The summed E-state index contributed by atoms with van der Waals surface area (Å²) in [5, 5.41) is 3.68. The second-order valence-corrected chi connectivity index (χ2v) is 8.13. The van der Waals surface area contributed by atoms with Gasteiger partial charge in [0.25, 0.3) is 0 Å². The monoisotopic (exact) mass is 403 g/mol. The topological polar surface area (TPSA) is 75.4 Å². The molecule has 0 spiro atoms. The van der Waals surface area contributed by atoms with Gasteiger partial charge in [0.1, 0.15) is 0 Å². The van der Waals surface area contributed by atoms with Crippen molar-refractivity contribution < 1.29 is 9.59 Å². The van der Waals surface area contributed by atoms with Crippen LogP contribution in [0.3, 0.4) is 0 Å². The highest BCUT2D eigenvalue weighted by molar-refractivity contribution is 7.99. The van der Waals surface area contributed by atoms with Crippen LogP contribution in [0.4, 0.5) is 5.69 Å². The summed E-state index contributed by atoms with van der Waals surface area (Å²) in [4.78, 5) is 27.9. The Morgan fingerprint density at radius 1 is 1.19 bits per heavy atom. The molecule has 1 aliphatic rings. The van der Waals surface area contributed by atoms with Gasteiger partial charge in [0, 0.05) is 21.4 Å². The summed E-state index contributed by atoms with van der Waals surface area (Å²) in [6, 6.07) is 15.3. The second-order valence-electron chi connectivity index (χ2n) is 6.58. The minimum absolute atomic E-state index is 0.0933. The van der Waals surface area contributed by atoms with Crippen molar-refractivity contribution in [1.29, 1.82) is 0 Å². The average Bonchev–Trinajstić information content (AvgIpc) is 2.65. The molecule has 2 amide bonds. The van der Waals surface area contributed by atoms with Crippen molar-refractivity contribution in [3.63, 3.8) is 0 Å². The Morgan fingerprint density at radius 2 is 1.93 bits per heavy atom. The quantitative estimate of drug-likeness (QED) is 0.772. The first-order valence-corrected chi connectivity index (χ1v) is 10.0. The number of carbonyl (C=O) groups is 2. The summed E-state index contributed by atoms with van der Waals surface area (Å²) in [6.45, 7) is 1.60. The van der Waals surface area contributed by atoms with Crippen molar-refractivity contribution in [2.24, 2.45) is 11.7 Å². The van der Waals surface area contributed by atoms with Crippen LogP contribution in [0.2, 0.25) is 5.02 Å². The lowest BCUT2D eigenvalue weighted by atomic mass is 9.97. The maximum Gasteiger partial charge on any atom is 0.238 e. The van der Waals surface area contributed by atoms with E-state index in [1.165, 1.54) is 0 Å². The van der Waals surface area contributed by atoms with E-state index in [1.54, 1.807) is 11.8 Å². The third-order valence-corrected chi connectivity index (χ3v) is 5.81. The van der Waals surface area contributed by atoms with Gasteiger partial charge in [-0.05, 0) is 55.8 Å². The van der Waals surface area contributed by atoms with Gasteiger partial charge in [0.05, 0.1) is 18.2 Å². The van der Waals surface area contributed by atoms with Gasteiger partial charge in [0.15, 0.2) is 0 Å². The van der Waals surface area contributed by atoms with E-state index in [-0.39, 0.29) is 24.3 Å². The first-order chi connectivity index (χ1) is 13.0. The van der Waals surface area contributed by atoms with Gasteiger partial charge in [-0.2, -0.15) is 0 Å². The standard InChI is InChI=1S/C20H22ClN3O2S/c21-15-7-9-16(10-8-15)27-18-6-2-1-5-17(18)23-19(25)13-24-11-3-4-14(12-24)20(22)26/h1-2,5-10,14H,3-4,11-13H2,(H2,22,26)(H,23,25)/t14-/m0/s1. The molecule has 1 atom stereocenters. The van der Waals surface area contributed by atoms with Crippen molar-refractivity contribution in [2.45, 2.75) is 22.6 Å². The maximum absolute atomic E-state index is 12.5. The second kappa shape index (κ2) is 9.26. The minimum Gasteiger partial charge on any atom is -0.369 e. The van der Waals surface area contributed by atoms with Gasteiger partial charge in [-0.3, -0.25) is 14.5 Å². The van der Waals surface area contributed by atoms with Crippen LogP contribution in [0.1, 0.15) is 12.8 Å². The highest BCUT2D eigenvalue weighted by atomic mass is 35.5. The molecule has 27 heavy (non-hydrogen) atoms. The van der Waals surface area contributed by atoms with Crippen LogP contribution in [0.25, 0.3) is 0 Å². The van der Waals surface area contributed by atoms with Crippen LogP contribution < -0.4 is 11.1 Å². The molecular formula is C20H22ClN3O2S. The van der Waals surface area contributed by atoms with E-state index < -0.39 is 0 Å². The number of halogens is 1. The summed E-state index contributed by atoms with van der Waals surface area (Å²) in [5.41, 5.74) is 6.18. The predicted molar refractivity (Wildman–Crippen MR) is 109 cm³/mol. The minimum atomic E-state index is -0.287. The van der Waals surface area contributed by atoms with Crippen molar-refractivity contribution in [2.75, 3.05) is 25.0 Å². The third-order valence-electron chi connectivity index (χ3n) is 4.48. The molecule has 2 aromatic rings. The number of hydrogen-bond donors (Lipinski definition) is 2. The van der Waals surface area contributed by atoms with Crippen molar-refractivity contribution in [3.8, 4) is 0 Å². The van der Waals surface area contributed by atoms with Gasteiger partial charge in [0.2, 0.25) is 11.8 Å². The molecule has 3 N–H and O–H groups in total. The fourth-order valence-corrected chi connectivity index (χ4v) is 4.14. The van der Waals surface area contributed by atoms with Gasteiger partial charge in [-0.25, -0.2) is 0 Å². The highest BCUT2D eigenvalue weighted by Gasteiger charge is 2.25. The lowest BCUT2D eigenvalue weighted by Crippen LogP contribution is -2.44. The normalized spacial score (nSPS) is 17.4. The molecule has 142 valence electrons. The Morgan fingerprint density at radius 3 is 2.67 bits per heavy atom. The molecule has 7 heteroatoms. The number of primary amides is 1. The average molecular weight is 404 g/mol. The smallest absolute Gasteiger partial charge is 0.238 e. The molecule has 0 bridgehead atoms. The Labute approximate surface area is 168 Å². The maximum atomic E-state index is 12.5. The summed E-state index contributed by atoms with van der Waals surface area (Å²) in [5.74, 6) is -0.548. The number of rotatable bonds is 6. The number of nitrogens with two attached hydrogens (primary N) is 1. The number of benzene rings is 2. The van der Waals surface area contributed by atoms with Crippen LogP contribution in [-0.4, -0.2) is 36.3 Å². The molecule has 1 aliphatic heterocycles. The van der Waals surface area contributed by atoms with E-state index in [0.717, 1.165) is 34.9 Å². The first-order valence-electron chi connectivity index (χ1n) is 8.85. The molecule has 1 fully saturated rings. The van der Waals surface area contributed by atoms with Crippen molar-refractivity contribution in [1.82, 2.24) is 4.90 Å². The van der Waals surface area contributed by atoms with E-state index in [4.69, 9.17) is 17.3 Å². The largest absolute Gasteiger partial charge is 0.369 e. The fraction of sp³-hybridized carbons (Fsp3) is 0.300. The van der Waals surface area contributed by atoms with Crippen LogP contribution in [0.15, 0.2) is 58.3 Å². The zero-order chi connectivity index (χ0) is 19.2. The SMILES string of the molecule is NC(=O)[C@H]1CCCN(CC(=O)Nc2ccccc2Sc2ccc(Cl)cc2)C1. The molecule has 0 aliphatic carbocycles. The lowest BCUT2D eigenvalue weighted by molar-refractivity contribution is -0.125. The molecule has 2 aromatic carbocycles. The Kier molecular flexibility index (Phi) is 6.77. The summed E-state index contributed by atoms with van der Waals surface area (Å²) in [6.07, 6.45) is 1.68. The van der Waals surface area contributed by atoms with Gasteiger partial charge in [-0.15, -0.1) is 0 Å². The number of carbonyl (C=O) groups excluding carboxylic acids is 2. The van der Waals surface area contributed by atoms with Crippen LogP contribution in [-0.2, 0) is 9.59 Å².